The molecule has 0 bridgehead atoms. The number of hydrogen-bond acceptors (Lipinski definition) is 4. The van der Waals surface area contributed by atoms with Crippen LogP contribution in [0.2, 0.25) is 5.02 Å². The molecule has 0 radical (unpaired) electrons. The molecule has 0 aliphatic heterocycles. The van der Waals surface area contributed by atoms with E-state index < -0.39 is 0 Å². The smallest absolute Gasteiger partial charge is 0.264 e. The van der Waals surface area contributed by atoms with Crippen molar-refractivity contribution >= 4 is 34.0 Å². The number of carbonyl (C=O) groups is 1. The van der Waals surface area contributed by atoms with E-state index in [0.29, 0.717) is 10.2 Å². The number of thiazole rings is 1. The van der Waals surface area contributed by atoms with Gasteiger partial charge in [0.1, 0.15) is 5.75 Å². The molecule has 0 atom stereocenters. The Balaban J connectivity index is 1.34. The number of benzene rings is 2. The van der Waals surface area contributed by atoms with Crippen molar-refractivity contribution in [2.45, 2.75) is 19.3 Å². The molecule has 6 heteroatoms. The van der Waals surface area contributed by atoms with Crippen molar-refractivity contribution in [3.63, 3.8) is 0 Å². The van der Waals surface area contributed by atoms with Crippen LogP contribution in [0, 0.1) is 0 Å². The third-order valence-electron chi connectivity index (χ3n) is 4.33. The normalized spacial score (nSPS) is 12.7. The number of carbonyl (C=O) groups excluding carboxylic acids is 1. The maximum atomic E-state index is 12.1. The van der Waals surface area contributed by atoms with E-state index in [0.717, 1.165) is 29.8 Å². The second-order valence-corrected chi connectivity index (χ2v) is 7.46. The van der Waals surface area contributed by atoms with Gasteiger partial charge in [-0.3, -0.25) is 10.1 Å². The minimum absolute atomic E-state index is 0.0331. The van der Waals surface area contributed by atoms with Gasteiger partial charge in [-0.15, -0.1) is 11.3 Å². The lowest BCUT2D eigenvalue weighted by atomic mass is 10.1. The van der Waals surface area contributed by atoms with Gasteiger partial charge in [0, 0.05) is 16.0 Å². The highest BCUT2D eigenvalue weighted by Crippen LogP contribution is 2.27. The summed E-state index contributed by atoms with van der Waals surface area (Å²) in [5.74, 6) is 0.518. The Morgan fingerprint density at radius 2 is 1.96 bits per heavy atom. The Morgan fingerprint density at radius 3 is 2.81 bits per heavy atom. The first kappa shape index (κ1) is 17.1. The zero-order valence-electron chi connectivity index (χ0n) is 14.0. The molecule has 0 fully saturated rings. The average molecular weight is 385 g/mol. The monoisotopic (exact) mass is 384 g/mol. The van der Waals surface area contributed by atoms with E-state index in [4.69, 9.17) is 16.3 Å². The molecule has 2 aromatic carbocycles. The molecule has 0 saturated carbocycles. The SMILES string of the molecule is O=C(COc1ccc2c(c1)CCC2)Nc1nc(-c2ccc(Cl)cc2)cs1. The lowest BCUT2D eigenvalue weighted by molar-refractivity contribution is -0.118. The summed E-state index contributed by atoms with van der Waals surface area (Å²) in [7, 11) is 0. The summed E-state index contributed by atoms with van der Waals surface area (Å²) in [4.78, 5) is 16.6. The number of nitrogens with zero attached hydrogens (tertiary/aromatic N) is 1. The maximum absolute atomic E-state index is 12.1. The molecule has 3 aromatic rings. The van der Waals surface area contributed by atoms with Gasteiger partial charge in [-0.05, 0) is 54.7 Å². The first-order chi connectivity index (χ1) is 12.7. The molecular formula is C20H17ClN2O2S. The lowest BCUT2D eigenvalue weighted by Gasteiger charge is -2.07. The van der Waals surface area contributed by atoms with Crippen LogP contribution >= 0.6 is 22.9 Å². The molecule has 1 aliphatic carbocycles. The molecular weight excluding hydrogens is 368 g/mol. The fourth-order valence-corrected chi connectivity index (χ4v) is 3.89. The van der Waals surface area contributed by atoms with Gasteiger partial charge in [0.2, 0.25) is 0 Å². The van der Waals surface area contributed by atoms with Crippen molar-refractivity contribution in [1.82, 2.24) is 4.98 Å². The third-order valence-corrected chi connectivity index (χ3v) is 5.34. The molecule has 1 heterocycles. The summed E-state index contributed by atoms with van der Waals surface area (Å²) in [5.41, 5.74) is 4.48. The van der Waals surface area contributed by atoms with Crippen LogP contribution in [0.25, 0.3) is 11.3 Å². The van der Waals surface area contributed by atoms with Crippen molar-refractivity contribution in [2.24, 2.45) is 0 Å². The number of rotatable bonds is 5. The topological polar surface area (TPSA) is 51.2 Å². The van der Waals surface area contributed by atoms with Crippen LogP contribution in [-0.4, -0.2) is 17.5 Å². The van der Waals surface area contributed by atoms with Crippen LogP contribution in [-0.2, 0) is 17.6 Å². The average Bonchev–Trinajstić information content (AvgIpc) is 3.29. The molecule has 0 spiro atoms. The van der Waals surface area contributed by atoms with E-state index in [2.05, 4.69) is 16.4 Å². The highest BCUT2D eigenvalue weighted by molar-refractivity contribution is 7.14. The first-order valence-corrected chi connectivity index (χ1v) is 9.69. The molecule has 1 aliphatic rings. The molecule has 0 saturated heterocycles. The van der Waals surface area contributed by atoms with Crippen molar-refractivity contribution in [3.05, 3.63) is 64.0 Å². The van der Waals surface area contributed by atoms with Crippen LogP contribution < -0.4 is 10.1 Å². The third kappa shape index (κ3) is 3.89. The molecule has 26 heavy (non-hydrogen) atoms. The molecule has 1 amide bonds. The van der Waals surface area contributed by atoms with Crippen molar-refractivity contribution < 1.29 is 9.53 Å². The quantitative estimate of drug-likeness (QED) is 0.675. The summed E-state index contributed by atoms with van der Waals surface area (Å²) in [5, 5.41) is 5.92. The number of aryl methyl sites for hydroxylation is 2. The number of aromatic nitrogens is 1. The molecule has 1 aromatic heterocycles. The van der Waals surface area contributed by atoms with Crippen molar-refractivity contribution in [2.75, 3.05) is 11.9 Å². The fourth-order valence-electron chi connectivity index (χ4n) is 3.03. The number of fused-ring (bicyclic) bond motifs is 1. The number of hydrogen-bond donors (Lipinski definition) is 1. The molecule has 0 unspecified atom stereocenters. The second-order valence-electron chi connectivity index (χ2n) is 6.17. The number of anilines is 1. The summed E-state index contributed by atoms with van der Waals surface area (Å²) in [6.07, 6.45) is 3.42. The Labute approximate surface area is 160 Å². The zero-order valence-corrected chi connectivity index (χ0v) is 15.6. The zero-order chi connectivity index (χ0) is 17.9. The second kappa shape index (κ2) is 7.48. The van der Waals surface area contributed by atoms with E-state index >= 15 is 0 Å². The van der Waals surface area contributed by atoms with E-state index in [-0.39, 0.29) is 12.5 Å². The number of amides is 1. The highest BCUT2D eigenvalue weighted by atomic mass is 35.5. The Morgan fingerprint density at radius 1 is 1.15 bits per heavy atom. The molecule has 4 nitrogen and oxygen atoms in total. The van der Waals surface area contributed by atoms with Gasteiger partial charge in [0.15, 0.2) is 11.7 Å². The van der Waals surface area contributed by atoms with Gasteiger partial charge in [-0.2, -0.15) is 0 Å². The summed E-state index contributed by atoms with van der Waals surface area (Å²) >= 11 is 7.28. The van der Waals surface area contributed by atoms with Gasteiger partial charge in [-0.1, -0.05) is 29.8 Å². The highest BCUT2D eigenvalue weighted by Gasteiger charge is 2.13. The van der Waals surface area contributed by atoms with Crippen LogP contribution in [0.4, 0.5) is 5.13 Å². The summed E-state index contributed by atoms with van der Waals surface area (Å²) in [6, 6.07) is 13.5. The van der Waals surface area contributed by atoms with Crippen LogP contribution in [0.1, 0.15) is 17.5 Å². The van der Waals surface area contributed by atoms with Gasteiger partial charge < -0.3 is 4.74 Å². The first-order valence-electron chi connectivity index (χ1n) is 8.43. The van der Waals surface area contributed by atoms with Crippen LogP contribution in [0.3, 0.4) is 0 Å². The van der Waals surface area contributed by atoms with Crippen LogP contribution in [0.5, 0.6) is 5.75 Å². The largest absolute Gasteiger partial charge is 0.484 e. The van der Waals surface area contributed by atoms with Gasteiger partial charge in [0.05, 0.1) is 5.69 Å². The summed E-state index contributed by atoms with van der Waals surface area (Å²) < 4.78 is 5.62. The number of nitrogens with one attached hydrogen (secondary N) is 1. The Hall–Kier alpha value is -2.37. The van der Waals surface area contributed by atoms with Crippen molar-refractivity contribution in [3.8, 4) is 17.0 Å². The van der Waals surface area contributed by atoms with Crippen LogP contribution in [0.15, 0.2) is 47.8 Å². The predicted molar refractivity (Wildman–Crippen MR) is 105 cm³/mol. The van der Waals surface area contributed by atoms with E-state index in [1.54, 1.807) is 0 Å². The predicted octanol–water partition coefficient (Wildman–Crippen LogP) is 4.97. The minimum atomic E-state index is -0.220. The van der Waals surface area contributed by atoms with E-state index in [1.807, 2.05) is 41.8 Å². The number of halogens is 1. The Kier molecular flexibility index (Phi) is 4.91. The summed E-state index contributed by atoms with van der Waals surface area (Å²) in [6.45, 7) is -0.0331. The van der Waals surface area contributed by atoms with Gasteiger partial charge in [0.25, 0.3) is 5.91 Å². The lowest BCUT2D eigenvalue weighted by Crippen LogP contribution is -2.20. The van der Waals surface area contributed by atoms with E-state index in [1.165, 1.54) is 28.9 Å². The molecule has 4 rings (SSSR count). The molecule has 132 valence electrons. The number of ether oxygens (including phenoxy) is 1. The maximum Gasteiger partial charge on any atom is 0.264 e. The standard InChI is InChI=1S/C20H17ClN2O2S/c21-16-7-4-14(5-8-16)18-12-26-20(22-18)23-19(24)11-25-17-9-6-13-2-1-3-15(13)10-17/h4-10,12H,1-3,11H2,(H,22,23,24). The van der Waals surface area contributed by atoms with Crippen molar-refractivity contribution in [1.29, 1.82) is 0 Å². The minimum Gasteiger partial charge on any atom is -0.484 e. The Bertz CT molecular complexity index is 937. The van der Waals surface area contributed by atoms with E-state index in [9.17, 15) is 4.79 Å². The van der Waals surface area contributed by atoms with Gasteiger partial charge in [-0.25, -0.2) is 4.98 Å². The molecule has 1 N–H and O–H groups in total. The fraction of sp³-hybridized carbons (Fsp3) is 0.200. The van der Waals surface area contributed by atoms with Gasteiger partial charge >= 0.3 is 0 Å².